The van der Waals surface area contributed by atoms with Crippen LogP contribution in [0.4, 0.5) is 0 Å². The topological polar surface area (TPSA) is 62.2 Å². The fraction of sp³-hybridized carbons (Fsp3) is 0.250. The van der Waals surface area contributed by atoms with Crippen LogP contribution in [0.1, 0.15) is 24.6 Å². The molecule has 4 nitrogen and oxygen atoms in total. The third-order valence-electron chi connectivity index (χ3n) is 3.16. The second-order valence-electron chi connectivity index (χ2n) is 5.06. The number of carbonyl (C=O) groups is 1. The molecule has 110 valence electrons. The van der Waals surface area contributed by atoms with E-state index < -0.39 is 5.60 Å². The summed E-state index contributed by atoms with van der Waals surface area (Å²) < 4.78 is 0. The Bertz CT molecular complexity index is 597. The number of carbonyl (C=O) groups excluding carboxylic acids is 1. The van der Waals surface area contributed by atoms with Crippen molar-refractivity contribution in [2.24, 2.45) is 0 Å². The summed E-state index contributed by atoms with van der Waals surface area (Å²) in [6.45, 7) is 1.93. The minimum Gasteiger partial charge on any atom is -0.385 e. The van der Waals surface area contributed by atoms with Gasteiger partial charge in [-0.1, -0.05) is 41.9 Å². The van der Waals surface area contributed by atoms with E-state index in [0.29, 0.717) is 22.8 Å². The Morgan fingerprint density at radius 2 is 2.00 bits per heavy atom. The van der Waals surface area contributed by atoms with Gasteiger partial charge in [0.1, 0.15) is 0 Å². The molecule has 0 saturated heterocycles. The first-order chi connectivity index (χ1) is 9.97. The Kier molecular flexibility index (Phi) is 4.94. The number of amides is 1. The van der Waals surface area contributed by atoms with Gasteiger partial charge < -0.3 is 10.4 Å². The highest BCUT2D eigenvalue weighted by molar-refractivity contribution is 6.30. The number of hydrogen-bond donors (Lipinski definition) is 2. The van der Waals surface area contributed by atoms with Gasteiger partial charge in [-0.2, -0.15) is 0 Å². The number of nitrogens with one attached hydrogen (secondary N) is 1. The van der Waals surface area contributed by atoms with Crippen LogP contribution in [-0.2, 0) is 16.9 Å². The highest BCUT2D eigenvalue weighted by Gasteiger charge is 2.26. The van der Waals surface area contributed by atoms with Crippen molar-refractivity contribution in [3.8, 4) is 0 Å². The van der Waals surface area contributed by atoms with Crippen molar-refractivity contribution in [2.45, 2.75) is 25.5 Å². The summed E-state index contributed by atoms with van der Waals surface area (Å²) in [7, 11) is 0. The van der Waals surface area contributed by atoms with E-state index in [-0.39, 0.29) is 12.3 Å². The molecule has 0 aliphatic rings. The first kappa shape index (κ1) is 15.5. The molecule has 1 unspecified atom stereocenters. The third kappa shape index (κ3) is 4.55. The van der Waals surface area contributed by atoms with Crippen molar-refractivity contribution in [1.82, 2.24) is 10.3 Å². The number of pyridine rings is 1. The molecule has 1 atom stereocenters. The van der Waals surface area contributed by atoms with Gasteiger partial charge in [0.15, 0.2) is 0 Å². The molecule has 0 fully saturated rings. The molecule has 2 aromatic rings. The van der Waals surface area contributed by atoms with E-state index in [4.69, 9.17) is 11.6 Å². The molecule has 0 aliphatic carbocycles. The van der Waals surface area contributed by atoms with Gasteiger partial charge >= 0.3 is 0 Å². The summed E-state index contributed by atoms with van der Waals surface area (Å²) in [6, 6.07) is 12.6. The fourth-order valence-corrected chi connectivity index (χ4v) is 2.09. The summed E-state index contributed by atoms with van der Waals surface area (Å²) in [5, 5.41) is 13.7. The van der Waals surface area contributed by atoms with Crippen molar-refractivity contribution < 1.29 is 9.90 Å². The van der Waals surface area contributed by atoms with E-state index in [0.717, 1.165) is 0 Å². The maximum Gasteiger partial charge on any atom is 0.223 e. The van der Waals surface area contributed by atoms with Gasteiger partial charge in [-0.3, -0.25) is 9.78 Å². The molecule has 1 aromatic carbocycles. The highest BCUT2D eigenvalue weighted by Crippen LogP contribution is 2.23. The molecule has 5 heteroatoms. The van der Waals surface area contributed by atoms with Crippen LogP contribution >= 0.6 is 11.6 Å². The first-order valence-corrected chi connectivity index (χ1v) is 7.00. The predicted molar refractivity (Wildman–Crippen MR) is 81.7 cm³/mol. The summed E-state index contributed by atoms with van der Waals surface area (Å²) in [5.41, 5.74) is 0.232. The lowest BCUT2D eigenvalue weighted by Gasteiger charge is -2.23. The molecule has 0 aliphatic heterocycles. The third-order valence-corrected chi connectivity index (χ3v) is 3.38. The van der Waals surface area contributed by atoms with Crippen LogP contribution in [0.2, 0.25) is 5.02 Å². The quantitative estimate of drug-likeness (QED) is 0.892. The van der Waals surface area contributed by atoms with Gasteiger partial charge in [0, 0.05) is 6.20 Å². The van der Waals surface area contributed by atoms with E-state index in [9.17, 15) is 9.90 Å². The zero-order valence-corrected chi connectivity index (χ0v) is 12.5. The number of benzene rings is 1. The molecule has 2 rings (SSSR count). The van der Waals surface area contributed by atoms with Crippen molar-refractivity contribution in [1.29, 1.82) is 0 Å². The smallest absolute Gasteiger partial charge is 0.223 e. The Labute approximate surface area is 128 Å². The summed E-state index contributed by atoms with van der Waals surface area (Å²) in [4.78, 5) is 16.0. The van der Waals surface area contributed by atoms with Gasteiger partial charge in [-0.05, 0) is 24.6 Å². The Morgan fingerprint density at radius 1 is 1.29 bits per heavy atom. The van der Waals surface area contributed by atoms with Crippen LogP contribution in [0.3, 0.4) is 0 Å². The molecule has 1 aromatic heterocycles. The lowest BCUT2D eigenvalue weighted by atomic mass is 9.92. The van der Waals surface area contributed by atoms with E-state index in [1.54, 1.807) is 31.2 Å². The minimum atomic E-state index is -1.20. The molecule has 1 heterocycles. The second-order valence-corrected chi connectivity index (χ2v) is 5.50. The number of halogens is 1. The molecule has 1 amide bonds. The van der Waals surface area contributed by atoms with Gasteiger partial charge in [-0.15, -0.1) is 0 Å². The minimum absolute atomic E-state index is 0.00932. The van der Waals surface area contributed by atoms with Crippen LogP contribution in [0.5, 0.6) is 0 Å². The normalized spacial score (nSPS) is 13.5. The molecule has 0 radical (unpaired) electrons. The van der Waals surface area contributed by atoms with Gasteiger partial charge in [0.2, 0.25) is 5.91 Å². The van der Waals surface area contributed by atoms with E-state index in [1.165, 1.54) is 6.20 Å². The number of rotatable bonds is 5. The van der Waals surface area contributed by atoms with Crippen LogP contribution in [0, 0.1) is 0 Å². The Morgan fingerprint density at radius 3 is 2.62 bits per heavy atom. The number of aromatic nitrogens is 1. The monoisotopic (exact) mass is 304 g/mol. The largest absolute Gasteiger partial charge is 0.385 e. The Balaban J connectivity index is 1.91. The van der Waals surface area contributed by atoms with Crippen LogP contribution in [0.15, 0.2) is 48.7 Å². The standard InChI is InChI=1S/C16H17ClN2O2/c1-16(21,12-5-3-2-4-6-12)9-15(20)19-11-14-8-7-13(17)10-18-14/h2-8,10,21H,9,11H2,1H3,(H,19,20). The molecule has 0 saturated carbocycles. The van der Waals surface area contributed by atoms with Gasteiger partial charge in [-0.25, -0.2) is 0 Å². The van der Waals surface area contributed by atoms with Crippen molar-refractivity contribution >= 4 is 17.5 Å². The van der Waals surface area contributed by atoms with E-state index >= 15 is 0 Å². The molecule has 21 heavy (non-hydrogen) atoms. The molecule has 0 spiro atoms. The number of aliphatic hydroxyl groups is 1. The average Bonchev–Trinajstić information content (AvgIpc) is 2.47. The lowest BCUT2D eigenvalue weighted by molar-refractivity contribution is -0.126. The second kappa shape index (κ2) is 6.70. The fourth-order valence-electron chi connectivity index (χ4n) is 1.97. The van der Waals surface area contributed by atoms with E-state index in [2.05, 4.69) is 10.3 Å². The maximum atomic E-state index is 11.9. The molecule has 2 N–H and O–H groups in total. The average molecular weight is 305 g/mol. The van der Waals surface area contributed by atoms with Crippen molar-refractivity contribution in [2.75, 3.05) is 0 Å². The molecular formula is C16H17ClN2O2. The van der Waals surface area contributed by atoms with Crippen molar-refractivity contribution in [3.05, 3.63) is 64.9 Å². The van der Waals surface area contributed by atoms with Crippen molar-refractivity contribution in [3.63, 3.8) is 0 Å². The number of nitrogens with zero attached hydrogens (tertiary/aromatic N) is 1. The Hall–Kier alpha value is -1.91. The summed E-state index contributed by atoms with van der Waals surface area (Å²) >= 11 is 5.75. The van der Waals surface area contributed by atoms with Gasteiger partial charge in [0.05, 0.1) is 29.3 Å². The van der Waals surface area contributed by atoms with Crippen LogP contribution in [-0.4, -0.2) is 16.0 Å². The zero-order valence-electron chi connectivity index (χ0n) is 11.7. The maximum absolute atomic E-state index is 11.9. The first-order valence-electron chi connectivity index (χ1n) is 6.62. The highest BCUT2D eigenvalue weighted by atomic mass is 35.5. The van der Waals surface area contributed by atoms with Crippen LogP contribution in [0.25, 0.3) is 0 Å². The molecule has 0 bridgehead atoms. The summed E-state index contributed by atoms with van der Waals surface area (Å²) in [5.74, 6) is -0.236. The lowest BCUT2D eigenvalue weighted by Crippen LogP contribution is -2.32. The molecular weight excluding hydrogens is 288 g/mol. The predicted octanol–water partition coefficient (Wildman–Crippen LogP) is 2.65. The SMILES string of the molecule is CC(O)(CC(=O)NCc1ccc(Cl)cn1)c1ccccc1. The number of hydrogen-bond acceptors (Lipinski definition) is 3. The summed E-state index contributed by atoms with van der Waals surface area (Å²) in [6.07, 6.45) is 1.52. The van der Waals surface area contributed by atoms with E-state index in [1.807, 2.05) is 18.2 Å². The van der Waals surface area contributed by atoms with Gasteiger partial charge in [0.25, 0.3) is 0 Å². The zero-order chi connectivity index (χ0) is 15.3. The van der Waals surface area contributed by atoms with Crippen LogP contribution < -0.4 is 5.32 Å².